The SMILES string of the molecule is Cc1sc2c(CC(C)C)c(O)c(O)c(O)c2c(=O)c1-c1ccc(C(=O)CCCCC(c2ccccc2)c2ccccc2)cc1. The molecule has 5 rings (SSSR count). The zero-order chi connectivity index (χ0) is 31.4. The highest BCUT2D eigenvalue weighted by molar-refractivity contribution is 7.19. The van der Waals surface area contributed by atoms with E-state index in [0.29, 0.717) is 39.8 Å². The molecule has 4 aromatic carbocycles. The highest BCUT2D eigenvalue weighted by atomic mass is 32.1. The first kappa shape index (κ1) is 31.0. The van der Waals surface area contributed by atoms with Gasteiger partial charge < -0.3 is 15.3 Å². The van der Waals surface area contributed by atoms with Gasteiger partial charge in [-0.2, -0.15) is 0 Å². The van der Waals surface area contributed by atoms with Gasteiger partial charge in [0.15, 0.2) is 22.7 Å². The predicted molar refractivity (Wildman–Crippen MR) is 179 cm³/mol. The second-order valence-electron chi connectivity index (χ2n) is 11.8. The van der Waals surface area contributed by atoms with Crippen molar-refractivity contribution < 1.29 is 20.1 Å². The summed E-state index contributed by atoms with van der Waals surface area (Å²) in [6.45, 7) is 5.79. The van der Waals surface area contributed by atoms with Gasteiger partial charge in [0.1, 0.15) is 0 Å². The van der Waals surface area contributed by atoms with Crippen molar-refractivity contribution in [1.29, 1.82) is 0 Å². The molecule has 3 N–H and O–H groups in total. The van der Waals surface area contributed by atoms with Crippen LogP contribution in [-0.2, 0) is 6.42 Å². The average Bonchev–Trinajstić information content (AvgIpc) is 3.02. The monoisotopic (exact) mass is 606 g/mol. The van der Waals surface area contributed by atoms with E-state index in [9.17, 15) is 24.9 Å². The third-order valence-corrected chi connectivity index (χ3v) is 9.36. The number of aromatic hydroxyl groups is 3. The van der Waals surface area contributed by atoms with E-state index in [4.69, 9.17) is 0 Å². The smallest absolute Gasteiger partial charge is 0.201 e. The highest BCUT2D eigenvalue weighted by Gasteiger charge is 2.24. The molecule has 1 aromatic heterocycles. The van der Waals surface area contributed by atoms with Crippen molar-refractivity contribution in [3.8, 4) is 28.4 Å². The fraction of sp³-hybridized carbons (Fsp3) is 0.263. The second kappa shape index (κ2) is 13.5. The Kier molecular flexibility index (Phi) is 9.50. The molecule has 6 heteroatoms. The largest absolute Gasteiger partial charge is 0.504 e. The first-order valence-corrected chi connectivity index (χ1v) is 16.0. The normalized spacial score (nSPS) is 11.5. The van der Waals surface area contributed by atoms with Crippen molar-refractivity contribution in [2.45, 2.75) is 58.8 Å². The van der Waals surface area contributed by atoms with Gasteiger partial charge in [0.2, 0.25) is 5.75 Å². The third kappa shape index (κ3) is 6.41. The second-order valence-corrected chi connectivity index (χ2v) is 13.0. The summed E-state index contributed by atoms with van der Waals surface area (Å²) < 4.78 is 0.478. The molecule has 5 aromatic rings. The Bertz CT molecular complexity index is 1780. The van der Waals surface area contributed by atoms with Gasteiger partial charge >= 0.3 is 0 Å². The van der Waals surface area contributed by atoms with Crippen LogP contribution in [0, 0.1) is 12.8 Å². The summed E-state index contributed by atoms with van der Waals surface area (Å²) in [5.74, 6) is -1.16. The number of unbranched alkanes of at least 4 members (excludes halogenated alkanes) is 1. The molecule has 0 amide bonds. The molecule has 226 valence electrons. The van der Waals surface area contributed by atoms with Crippen molar-refractivity contribution in [3.05, 3.63) is 122 Å². The number of benzene rings is 4. The number of aryl methyl sites for hydroxylation is 1. The van der Waals surface area contributed by atoms with Crippen molar-refractivity contribution in [3.63, 3.8) is 0 Å². The summed E-state index contributed by atoms with van der Waals surface area (Å²) in [4.78, 5) is 27.5. The van der Waals surface area contributed by atoms with Crippen LogP contribution in [0.5, 0.6) is 17.2 Å². The molecule has 0 aliphatic carbocycles. The Morgan fingerprint density at radius 2 is 1.36 bits per heavy atom. The van der Waals surface area contributed by atoms with Crippen LogP contribution >= 0.6 is 11.3 Å². The summed E-state index contributed by atoms with van der Waals surface area (Å²) in [5.41, 5.74) is 4.23. The van der Waals surface area contributed by atoms with Crippen molar-refractivity contribution in [2.24, 2.45) is 5.92 Å². The van der Waals surface area contributed by atoms with Gasteiger partial charge in [-0.05, 0) is 48.8 Å². The first-order valence-electron chi connectivity index (χ1n) is 15.1. The lowest BCUT2D eigenvalue weighted by atomic mass is 9.86. The number of carbonyl (C=O) groups excluding carboxylic acids is 1. The summed E-state index contributed by atoms with van der Waals surface area (Å²) in [6.07, 6.45) is 3.53. The molecule has 44 heavy (non-hydrogen) atoms. The molecule has 0 radical (unpaired) electrons. The topological polar surface area (TPSA) is 94.8 Å². The Labute approximate surface area is 262 Å². The highest BCUT2D eigenvalue weighted by Crippen LogP contribution is 2.47. The number of phenolic OH excluding ortho intramolecular Hbond substituents is 3. The molecule has 1 heterocycles. The maximum Gasteiger partial charge on any atom is 0.201 e. The number of ketones is 1. The summed E-state index contributed by atoms with van der Waals surface area (Å²) in [6, 6.07) is 28.0. The van der Waals surface area contributed by atoms with Gasteiger partial charge in [-0.25, -0.2) is 0 Å². The molecule has 5 nitrogen and oxygen atoms in total. The number of hydrogen-bond donors (Lipinski definition) is 3. The average molecular weight is 607 g/mol. The van der Waals surface area contributed by atoms with Gasteiger partial charge in [0, 0.05) is 38.6 Å². The molecular weight excluding hydrogens is 568 g/mol. The minimum Gasteiger partial charge on any atom is -0.504 e. The molecule has 0 saturated heterocycles. The summed E-state index contributed by atoms with van der Waals surface area (Å²) in [7, 11) is 0. The van der Waals surface area contributed by atoms with Gasteiger partial charge in [0.25, 0.3) is 0 Å². The van der Waals surface area contributed by atoms with Crippen LogP contribution in [0.15, 0.2) is 89.7 Å². The van der Waals surface area contributed by atoms with Crippen molar-refractivity contribution >= 4 is 27.2 Å². The molecule has 0 spiro atoms. The number of hydrogen-bond acceptors (Lipinski definition) is 6. The van der Waals surface area contributed by atoms with Crippen LogP contribution in [0.4, 0.5) is 0 Å². The minimum absolute atomic E-state index is 0.00557. The molecule has 0 aliphatic rings. The predicted octanol–water partition coefficient (Wildman–Crippen LogP) is 9.13. The van der Waals surface area contributed by atoms with Gasteiger partial charge in [-0.1, -0.05) is 105 Å². The standard InChI is InChI=1S/C38H38O5S/c1-23(2)22-30-34(40)37(43)36(42)33-35(41)32(24(3)44-38(30)33)28-20-18-27(19-21-28)31(39)17-11-10-16-29(25-12-6-4-7-13-25)26-14-8-5-9-15-26/h4-9,12-15,18-21,23,29,40,42-43H,10-11,16-17,22H2,1-3H3. The van der Waals surface area contributed by atoms with Gasteiger partial charge in [-0.3, -0.25) is 9.59 Å². The summed E-state index contributed by atoms with van der Waals surface area (Å²) >= 11 is 1.31. The van der Waals surface area contributed by atoms with Crippen LogP contribution in [0.25, 0.3) is 21.2 Å². The van der Waals surface area contributed by atoms with E-state index < -0.39 is 16.9 Å². The lowest BCUT2D eigenvalue weighted by Gasteiger charge is -2.18. The van der Waals surface area contributed by atoms with E-state index >= 15 is 0 Å². The maximum atomic E-state index is 13.7. The number of fused-ring (bicyclic) bond motifs is 1. The molecule has 0 unspecified atom stereocenters. The fourth-order valence-electron chi connectivity index (χ4n) is 5.98. The molecule has 0 atom stereocenters. The van der Waals surface area contributed by atoms with Crippen molar-refractivity contribution in [1.82, 2.24) is 0 Å². The number of carbonyl (C=O) groups is 1. The van der Waals surface area contributed by atoms with E-state index in [0.717, 1.165) is 24.1 Å². The van der Waals surface area contributed by atoms with Crippen molar-refractivity contribution in [2.75, 3.05) is 0 Å². The van der Waals surface area contributed by atoms with E-state index in [1.165, 1.54) is 22.5 Å². The van der Waals surface area contributed by atoms with Gasteiger partial charge in [0.05, 0.1) is 5.39 Å². The zero-order valence-electron chi connectivity index (χ0n) is 25.3. The fourth-order valence-corrected chi connectivity index (χ4v) is 7.19. The number of phenols is 3. The number of rotatable bonds is 11. The molecule has 0 aliphatic heterocycles. The Balaban J connectivity index is 1.32. The summed E-state index contributed by atoms with van der Waals surface area (Å²) in [5, 5.41) is 31.6. The lowest BCUT2D eigenvalue weighted by Crippen LogP contribution is -2.09. The van der Waals surface area contributed by atoms with Crippen LogP contribution < -0.4 is 5.43 Å². The molecular formula is C38H38O5S. The van der Waals surface area contributed by atoms with Gasteiger partial charge in [-0.15, -0.1) is 11.3 Å². The zero-order valence-corrected chi connectivity index (χ0v) is 26.2. The van der Waals surface area contributed by atoms with E-state index in [1.54, 1.807) is 24.3 Å². The quantitative estimate of drug-likeness (QED) is 0.0792. The van der Waals surface area contributed by atoms with Crippen LogP contribution in [-0.4, -0.2) is 21.1 Å². The van der Waals surface area contributed by atoms with E-state index in [2.05, 4.69) is 48.5 Å². The third-order valence-electron chi connectivity index (χ3n) is 8.19. The number of Topliss-reactive ketones (excluding diaryl/α,β-unsaturated/α-hetero) is 1. The Hall–Kier alpha value is -4.42. The van der Waals surface area contributed by atoms with Crippen LogP contribution in [0.2, 0.25) is 0 Å². The Morgan fingerprint density at radius 3 is 1.93 bits per heavy atom. The Morgan fingerprint density at radius 1 is 0.773 bits per heavy atom. The minimum atomic E-state index is -0.674. The maximum absolute atomic E-state index is 13.7. The lowest BCUT2D eigenvalue weighted by molar-refractivity contribution is 0.0979. The van der Waals surface area contributed by atoms with Crippen LogP contribution in [0.3, 0.4) is 0 Å². The first-order chi connectivity index (χ1) is 21.2. The molecule has 0 bridgehead atoms. The molecule has 0 saturated carbocycles. The van der Waals surface area contributed by atoms with E-state index in [1.807, 2.05) is 32.9 Å². The molecule has 0 fully saturated rings. The van der Waals surface area contributed by atoms with E-state index in [-0.39, 0.29) is 28.8 Å². The van der Waals surface area contributed by atoms with Crippen LogP contribution in [0.1, 0.15) is 77.4 Å².